The van der Waals surface area contributed by atoms with Gasteiger partial charge in [0.15, 0.2) is 5.78 Å². The van der Waals surface area contributed by atoms with E-state index < -0.39 is 0 Å². The Hall–Kier alpha value is -2.75. The predicted molar refractivity (Wildman–Crippen MR) is 86.2 cm³/mol. The van der Waals surface area contributed by atoms with Crippen LogP contribution in [0, 0.1) is 0 Å². The highest BCUT2D eigenvalue weighted by molar-refractivity contribution is 5.97. The van der Waals surface area contributed by atoms with Gasteiger partial charge in [-0.05, 0) is 31.0 Å². The molecule has 0 fully saturated rings. The minimum absolute atomic E-state index is 0.0138. The molecule has 0 unspecified atom stereocenters. The van der Waals surface area contributed by atoms with Crippen LogP contribution in [0.2, 0.25) is 0 Å². The number of rotatable bonds is 4. The summed E-state index contributed by atoms with van der Waals surface area (Å²) in [6.45, 7) is 3.68. The fourth-order valence-corrected chi connectivity index (χ4v) is 2.40. The van der Waals surface area contributed by atoms with Crippen LogP contribution in [-0.2, 0) is 6.42 Å². The van der Waals surface area contributed by atoms with Crippen molar-refractivity contribution in [1.82, 2.24) is 15.0 Å². The molecule has 0 radical (unpaired) electrons. The Balaban J connectivity index is 1.98. The minimum atomic E-state index is 0.0138. The van der Waals surface area contributed by atoms with Crippen molar-refractivity contribution < 1.29 is 4.79 Å². The van der Waals surface area contributed by atoms with Crippen LogP contribution < -0.4 is 0 Å². The normalized spacial score (nSPS) is 10.6. The Morgan fingerprint density at radius 2 is 1.82 bits per heavy atom. The summed E-state index contributed by atoms with van der Waals surface area (Å²) < 4.78 is 1.65. The first-order valence-electron chi connectivity index (χ1n) is 7.31. The Morgan fingerprint density at radius 1 is 1.09 bits per heavy atom. The fraction of sp³-hybridized carbons (Fsp3) is 0.167. The molecule has 4 nitrogen and oxygen atoms in total. The molecule has 0 spiro atoms. The third kappa shape index (κ3) is 2.68. The largest absolute Gasteiger partial charge is 0.294 e. The lowest BCUT2D eigenvalue weighted by Crippen LogP contribution is -2.03. The first kappa shape index (κ1) is 14.2. The van der Waals surface area contributed by atoms with Gasteiger partial charge in [0.1, 0.15) is 5.69 Å². The zero-order valence-corrected chi connectivity index (χ0v) is 12.7. The smallest absolute Gasteiger partial charge is 0.161 e. The Labute approximate surface area is 129 Å². The average molecular weight is 291 g/mol. The number of ketones is 1. The molecular formula is C18H17N3O. The molecule has 0 aliphatic heterocycles. The lowest BCUT2D eigenvalue weighted by Gasteiger charge is -2.05. The van der Waals surface area contributed by atoms with Crippen LogP contribution in [0.1, 0.15) is 29.8 Å². The molecule has 110 valence electrons. The molecular weight excluding hydrogens is 274 g/mol. The molecule has 1 heterocycles. The van der Waals surface area contributed by atoms with Crippen LogP contribution >= 0.6 is 0 Å². The fourth-order valence-electron chi connectivity index (χ4n) is 2.40. The summed E-state index contributed by atoms with van der Waals surface area (Å²) in [4.78, 5) is 11.7. The van der Waals surface area contributed by atoms with Gasteiger partial charge in [-0.2, -0.15) is 0 Å². The van der Waals surface area contributed by atoms with Crippen molar-refractivity contribution in [2.75, 3.05) is 0 Å². The van der Waals surface area contributed by atoms with Crippen molar-refractivity contribution in [3.05, 3.63) is 65.9 Å². The molecule has 0 aliphatic rings. The van der Waals surface area contributed by atoms with Crippen LogP contribution in [0.3, 0.4) is 0 Å². The summed E-state index contributed by atoms with van der Waals surface area (Å²) in [5.41, 5.74) is 4.49. The van der Waals surface area contributed by atoms with Crippen molar-refractivity contribution in [2.45, 2.75) is 20.3 Å². The number of hydrogen-bond donors (Lipinski definition) is 0. The van der Waals surface area contributed by atoms with E-state index in [0.717, 1.165) is 23.4 Å². The Kier molecular flexibility index (Phi) is 3.83. The van der Waals surface area contributed by atoms with E-state index in [1.165, 1.54) is 5.56 Å². The Bertz CT molecular complexity index is 803. The van der Waals surface area contributed by atoms with Gasteiger partial charge in [0.2, 0.25) is 0 Å². The van der Waals surface area contributed by atoms with Crippen molar-refractivity contribution in [1.29, 1.82) is 0 Å². The quantitative estimate of drug-likeness (QED) is 0.689. The maximum absolute atomic E-state index is 11.7. The molecule has 22 heavy (non-hydrogen) atoms. The van der Waals surface area contributed by atoms with Gasteiger partial charge in [0.05, 0.1) is 11.9 Å². The van der Waals surface area contributed by atoms with Crippen molar-refractivity contribution >= 4 is 5.78 Å². The summed E-state index contributed by atoms with van der Waals surface area (Å²) in [6, 6.07) is 15.7. The van der Waals surface area contributed by atoms with Gasteiger partial charge in [0, 0.05) is 11.1 Å². The zero-order valence-electron chi connectivity index (χ0n) is 12.7. The van der Waals surface area contributed by atoms with Gasteiger partial charge in [0.25, 0.3) is 0 Å². The molecule has 3 aromatic rings. The molecule has 1 aromatic heterocycles. The van der Waals surface area contributed by atoms with Crippen molar-refractivity contribution in [2.24, 2.45) is 0 Å². The summed E-state index contributed by atoms with van der Waals surface area (Å²) in [5.74, 6) is 0.0138. The molecule has 2 aromatic carbocycles. The Morgan fingerprint density at radius 3 is 2.50 bits per heavy atom. The summed E-state index contributed by atoms with van der Waals surface area (Å²) in [7, 11) is 0. The standard InChI is InChI=1S/C18H17N3O/c1-3-14-8-10-15(11-9-14)17-12-21(20-19-17)18-7-5-4-6-16(18)13(2)22/h4-12H,3H2,1-2H3. The third-order valence-electron chi connectivity index (χ3n) is 3.68. The lowest BCUT2D eigenvalue weighted by atomic mass is 10.1. The van der Waals surface area contributed by atoms with Crippen molar-refractivity contribution in [3.63, 3.8) is 0 Å². The molecule has 4 heteroatoms. The maximum Gasteiger partial charge on any atom is 0.161 e. The average Bonchev–Trinajstić information content (AvgIpc) is 3.04. The minimum Gasteiger partial charge on any atom is -0.294 e. The molecule has 0 saturated heterocycles. The maximum atomic E-state index is 11.7. The third-order valence-corrected chi connectivity index (χ3v) is 3.68. The number of carbonyl (C=O) groups is 1. The van der Waals surface area contributed by atoms with Gasteiger partial charge in [-0.15, -0.1) is 5.10 Å². The number of benzene rings is 2. The number of aryl methyl sites for hydroxylation is 1. The number of hydrogen-bond acceptors (Lipinski definition) is 3. The monoisotopic (exact) mass is 291 g/mol. The molecule has 0 bridgehead atoms. The van der Waals surface area contributed by atoms with Crippen LogP contribution in [-0.4, -0.2) is 20.8 Å². The van der Waals surface area contributed by atoms with Gasteiger partial charge in [-0.25, -0.2) is 4.68 Å². The summed E-state index contributed by atoms with van der Waals surface area (Å²) in [5, 5.41) is 8.38. The summed E-state index contributed by atoms with van der Waals surface area (Å²) in [6.07, 6.45) is 2.86. The van der Waals surface area contributed by atoms with Gasteiger partial charge in [-0.1, -0.05) is 48.5 Å². The van der Waals surface area contributed by atoms with Gasteiger partial charge >= 0.3 is 0 Å². The predicted octanol–water partition coefficient (Wildman–Crippen LogP) is 3.70. The van der Waals surface area contributed by atoms with E-state index in [4.69, 9.17) is 0 Å². The zero-order chi connectivity index (χ0) is 15.5. The van der Waals surface area contributed by atoms with E-state index in [9.17, 15) is 4.79 Å². The molecule has 3 rings (SSSR count). The van der Waals surface area contributed by atoms with Crippen LogP contribution in [0.5, 0.6) is 0 Å². The van der Waals surface area contributed by atoms with E-state index in [-0.39, 0.29) is 5.78 Å². The molecule has 0 aliphatic carbocycles. The van der Waals surface area contributed by atoms with E-state index in [1.807, 2.05) is 36.5 Å². The number of carbonyl (C=O) groups excluding carboxylic acids is 1. The molecule has 0 atom stereocenters. The van der Waals surface area contributed by atoms with Crippen LogP contribution in [0.15, 0.2) is 54.7 Å². The number of para-hydroxylation sites is 1. The first-order chi connectivity index (χ1) is 10.7. The second kappa shape index (κ2) is 5.93. The van der Waals surface area contributed by atoms with E-state index in [1.54, 1.807) is 17.7 Å². The van der Waals surface area contributed by atoms with Gasteiger partial charge < -0.3 is 0 Å². The van der Waals surface area contributed by atoms with Crippen LogP contribution in [0.25, 0.3) is 16.9 Å². The topological polar surface area (TPSA) is 47.8 Å². The van der Waals surface area contributed by atoms with Gasteiger partial charge in [-0.3, -0.25) is 4.79 Å². The van der Waals surface area contributed by atoms with E-state index in [2.05, 4.69) is 29.4 Å². The molecule has 0 amide bonds. The van der Waals surface area contributed by atoms with Crippen LogP contribution in [0.4, 0.5) is 0 Å². The molecule has 0 saturated carbocycles. The van der Waals surface area contributed by atoms with E-state index in [0.29, 0.717) is 5.56 Å². The highest BCUT2D eigenvalue weighted by atomic mass is 16.1. The second-order valence-electron chi connectivity index (χ2n) is 5.17. The lowest BCUT2D eigenvalue weighted by molar-refractivity contribution is 0.101. The highest BCUT2D eigenvalue weighted by Gasteiger charge is 2.11. The first-order valence-corrected chi connectivity index (χ1v) is 7.31. The molecule has 0 N–H and O–H groups in total. The second-order valence-corrected chi connectivity index (χ2v) is 5.17. The summed E-state index contributed by atoms with van der Waals surface area (Å²) >= 11 is 0. The SMILES string of the molecule is CCc1ccc(-c2cn(-c3ccccc3C(C)=O)nn2)cc1. The van der Waals surface area contributed by atoms with E-state index >= 15 is 0 Å². The number of aromatic nitrogens is 3. The number of Topliss-reactive ketones (excluding diaryl/α,β-unsaturated/α-hetero) is 1. The highest BCUT2D eigenvalue weighted by Crippen LogP contribution is 2.20. The van der Waals surface area contributed by atoms with Crippen molar-refractivity contribution in [3.8, 4) is 16.9 Å². The number of nitrogens with zero attached hydrogens (tertiary/aromatic N) is 3.